The molecule has 0 aliphatic carbocycles. The number of aromatic hydroxyl groups is 1. The number of benzene rings is 2. The number of carbonyl (C=O) groups excluding carboxylic acids is 1. The molecule has 0 spiro atoms. The fourth-order valence-electron chi connectivity index (χ4n) is 2.96. The Balaban J connectivity index is 2.23. The second kappa shape index (κ2) is 7.70. The first kappa shape index (κ1) is 20.0. The van der Waals surface area contributed by atoms with Gasteiger partial charge in [0.25, 0.3) is 5.91 Å². The first-order chi connectivity index (χ1) is 12.7. The van der Waals surface area contributed by atoms with Gasteiger partial charge in [-0.15, -0.1) is 11.8 Å². The highest BCUT2D eigenvalue weighted by Crippen LogP contribution is 2.43. The zero-order chi connectivity index (χ0) is 19.8. The van der Waals surface area contributed by atoms with Crippen LogP contribution in [0.25, 0.3) is 17.2 Å². The molecule has 2 N–H and O–H groups in total. The lowest BCUT2D eigenvalue weighted by molar-refractivity contribution is -0.115. The van der Waals surface area contributed by atoms with E-state index in [0.29, 0.717) is 9.23 Å². The molecule has 1 amide bonds. The molecule has 2 aromatic rings. The zero-order valence-electron chi connectivity index (χ0n) is 15.6. The molecule has 3 nitrogen and oxygen atoms in total. The van der Waals surface area contributed by atoms with Gasteiger partial charge in [-0.25, -0.2) is 0 Å². The lowest BCUT2D eigenvalue weighted by atomic mass is 9.83. The Kier molecular flexibility index (Phi) is 5.70. The Bertz CT molecular complexity index is 958. The summed E-state index contributed by atoms with van der Waals surface area (Å²) >= 11 is 7.98. The average Bonchev–Trinajstić information content (AvgIpc) is 2.92. The summed E-state index contributed by atoms with van der Waals surface area (Å²) in [7, 11) is 0. The molecule has 3 rings (SSSR count). The number of nitrogens with one attached hydrogen (secondary N) is 1. The molecule has 0 saturated carbocycles. The number of hydrogen-bond donors (Lipinski definition) is 2. The van der Waals surface area contributed by atoms with E-state index in [0.717, 1.165) is 27.1 Å². The summed E-state index contributed by atoms with van der Waals surface area (Å²) in [5.41, 5.74) is 3.21. The summed E-state index contributed by atoms with van der Waals surface area (Å²) in [5, 5.41) is 13.7. The van der Waals surface area contributed by atoms with Gasteiger partial charge in [0, 0.05) is 16.0 Å². The van der Waals surface area contributed by atoms with Crippen LogP contribution < -0.4 is 5.32 Å². The number of phenols is 1. The summed E-state index contributed by atoms with van der Waals surface area (Å²) in [6.45, 7) is 6.19. The Morgan fingerprint density at radius 3 is 2.48 bits per heavy atom. The average molecular weight is 416 g/mol. The quantitative estimate of drug-likeness (QED) is 0.390. The Morgan fingerprint density at radius 1 is 1.19 bits per heavy atom. The van der Waals surface area contributed by atoms with Gasteiger partial charge in [0.15, 0.2) is 0 Å². The van der Waals surface area contributed by atoms with E-state index in [-0.39, 0.29) is 17.1 Å². The lowest BCUT2D eigenvalue weighted by Crippen LogP contribution is -2.17. The number of thiocarbonyl (C=S) groups is 1. The van der Waals surface area contributed by atoms with Crippen LogP contribution in [0.15, 0.2) is 46.2 Å². The van der Waals surface area contributed by atoms with Gasteiger partial charge < -0.3 is 10.4 Å². The fraction of sp³-hybridized carbons (Fsp3) is 0.238. The maximum atomic E-state index is 12.1. The minimum Gasteiger partial charge on any atom is -0.507 e. The van der Waals surface area contributed by atoms with Crippen molar-refractivity contribution in [2.24, 2.45) is 0 Å². The molecule has 0 radical (unpaired) electrons. The minimum atomic E-state index is -0.248. The highest BCUT2D eigenvalue weighted by molar-refractivity contribution is 8.26. The van der Waals surface area contributed by atoms with Crippen LogP contribution in [-0.2, 0) is 10.2 Å². The summed E-state index contributed by atoms with van der Waals surface area (Å²) < 4.78 is 0.467. The summed E-state index contributed by atoms with van der Waals surface area (Å²) in [6, 6.07) is 11.9. The van der Waals surface area contributed by atoms with Crippen LogP contribution >= 0.6 is 35.7 Å². The number of amides is 1. The third kappa shape index (κ3) is 4.23. The number of thioether (sulfide) groups is 2. The highest BCUT2D eigenvalue weighted by Gasteiger charge is 2.25. The van der Waals surface area contributed by atoms with Gasteiger partial charge in [0.05, 0.1) is 4.91 Å². The van der Waals surface area contributed by atoms with Crippen LogP contribution in [0, 0.1) is 0 Å². The topological polar surface area (TPSA) is 49.3 Å². The Hall–Kier alpha value is -1.76. The summed E-state index contributed by atoms with van der Waals surface area (Å²) in [4.78, 5) is 13.7. The van der Waals surface area contributed by atoms with E-state index in [1.807, 2.05) is 48.7 Å². The second-order valence-corrected chi connectivity index (χ2v) is 9.83. The van der Waals surface area contributed by atoms with Gasteiger partial charge >= 0.3 is 0 Å². The monoisotopic (exact) mass is 415 g/mol. The lowest BCUT2D eigenvalue weighted by Gasteiger charge is -2.23. The second-order valence-electron chi connectivity index (χ2n) is 7.27. The normalized spacial score (nSPS) is 16.1. The maximum Gasteiger partial charge on any atom is 0.263 e. The van der Waals surface area contributed by atoms with E-state index >= 15 is 0 Å². The number of phenolic OH excluding ortho intramolecular Hbond substituents is 1. The van der Waals surface area contributed by atoms with Crippen molar-refractivity contribution >= 4 is 52.0 Å². The molecule has 1 aliphatic rings. The molecule has 1 saturated heterocycles. The summed E-state index contributed by atoms with van der Waals surface area (Å²) in [6.07, 6.45) is 3.85. The molecule has 140 valence electrons. The Labute approximate surface area is 173 Å². The molecule has 6 heteroatoms. The fourth-order valence-corrected chi connectivity index (χ4v) is 4.61. The molecule has 0 unspecified atom stereocenters. The van der Waals surface area contributed by atoms with Crippen molar-refractivity contribution in [3.63, 3.8) is 0 Å². The van der Waals surface area contributed by atoms with Crippen molar-refractivity contribution in [1.29, 1.82) is 0 Å². The molecule has 0 aromatic heterocycles. The van der Waals surface area contributed by atoms with Crippen LogP contribution in [0.2, 0.25) is 0 Å². The molecule has 0 atom stereocenters. The van der Waals surface area contributed by atoms with E-state index in [9.17, 15) is 9.90 Å². The van der Waals surface area contributed by atoms with E-state index in [1.54, 1.807) is 11.8 Å². The standard InChI is InChI=1S/C21H21NO2S3/c1-21(2,3)15-10-12(11-17-19(24)22-20(25)27-17)9-14(18(15)23)13-7-5-6-8-16(13)26-4/h5-11,23H,1-4H3,(H,22,24,25)/b17-11+. The predicted molar refractivity (Wildman–Crippen MR) is 120 cm³/mol. The maximum absolute atomic E-state index is 12.1. The van der Waals surface area contributed by atoms with Crippen LogP contribution in [0.5, 0.6) is 5.75 Å². The molecular formula is C21H21NO2S3. The Morgan fingerprint density at radius 2 is 1.89 bits per heavy atom. The van der Waals surface area contributed by atoms with Crippen molar-refractivity contribution in [2.45, 2.75) is 31.1 Å². The SMILES string of the molecule is CSc1ccccc1-c1cc(/C=C2/SC(=S)NC2=O)cc(C(C)(C)C)c1O. The van der Waals surface area contributed by atoms with Gasteiger partial charge in [-0.3, -0.25) is 4.79 Å². The molecule has 1 aliphatic heterocycles. The first-order valence-electron chi connectivity index (χ1n) is 8.46. The third-order valence-electron chi connectivity index (χ3n) is 4.28. The third-order valence-corrected chi connectivity index (χ3v) is 6.24. The van der Waals surface area contributed by atoms with Crippen molar-refractivity contribution < 1.29 is 9.90 Å². The predicted octanol–water partition coefficient (Wildman–Crippen LogP) is 5.57. The van der Waals surface area contributed by atoms with Gasteiger partial charge in [0.2, 0.25) is 0 Å². The largest absolute Gasteiger partial charge is 0.507 e. The number of hydrogen-bond acceptors (Lipinski definition) is 5. The van der Waals surface area contributed by atoms with Crippen LogP contribution in [-0.4, -0.2) is 21.6 Å². The van der Waals surface area contributed by atoms with Gasteiger partial charge in [-0.1, -0.05) is 63.0 Å². The van der Waals surface area contributed by atoms with Crippen molar-refractivity contribution in [2.75, 3.05) is 6.26 Å². The van der Waals surface area contributed by atoms with E-state index in [2.05, 4.69) is 26.1 Å². The van der Waals surface area contributed by atoms with Gasteiger partial charge in [0.1, 0.15) is 10.1 Å². The highest BCUT2D eigenvalue weighted by atomic mass is 32.2. The van der Waals surface area contributed by atoms with Crippen LogP contribution in [0.1, 0.15) is 31.9 Å². The van der Waals surface area contributed by atoms with Crippen molar-refractivity contribution in [3.8, 4) is 16.9 Å². The number of rotatable bonds is 3. The first-order valence-corrected chi connectivity index (χ1v) is 10.9. The molecular weight excluding hydrogens is 394 g/mol. The number of carbonyl (C=O) groups is 1. The molecule has 0 bridgehead atoms. The summed E-state index contributed by atoms with van der Waals surface area (Å²) in [5.74, 6) is 0.103. The zero-order valence-corrected chi connectivity index (χ0v) is 18.1. The molecule has 1 fully saturated rings. The van der Waals surface area contributed by atoms with Gasteiger partial charge in [-0.05, 0) is 47.1 Å². The van der Waals surface area contributed by atoms with Crippen LogP contribution in [0.4, 0.5) is 0 Å². The van der Waals surface area contributed by atoms with Crippen molar-refractivity contribution in [3.05, 3.63) is 52.4 Å². The minimum absolute atomic E-state index is 0.179. The van der Waals surface area contributed by atoms with Crippen molar-refractivity contribution in [1.82, 2.24) is 5.32 Å². The van der Waals surface area contributed by atoms with E-state index < -0.39 is 0 Å². The molecule has 1 heterocycles. The molecule has 27 heavy (non-hydrogen) atoms. The molecule has 2 aromatic carbocycles. The van der Waals surface area contributed by atoms with E-state index in [1.165, 1.54) is 11.8 Å². The van der Waals surface area contributed by atoms with Gasteiger partial charge in [-0.2, -0.15) is 0 Å². The van der Waals surface area contributed by atoms with E-state index in [4.69, 9.17) is 12.2 Å². The van der Waals surface area contributed by atoms with Crippen LogP contribution in [0.3, 0.4) is 0 Å². The smallest absolute Gasteiger partial charge is 0.263 e.